The number of aromatic amines is 2. The van der Waals surface area contributed by atoms with Gasteiger partial charge in [-0.25, -0.2) is 9.97 Å². The molecule has 5 heterocycles. The zero-order valence-electron chi connectivity index (χ0n) is 42.4. The van der Waals surface area contributed by atoms with Gasteiger partial charge in [0.05, 0.1) is 107 Å². The van der Waals surface area contributed by atoms with Crippen molar-refractivity contribution in [3.63, 3.8) is 0 Å². The van der Waals surface area contributed by atoms with Crippen molar-refractivity contribution < 1.29 is 17.9 Å². The van der Waals surface area contributed by atoms with E-state index < -0.39 is 0 Å². The van der Waals surface area contributed by atoms with Crippen molar-refractivity contribution >= 4 is 46.4 Å². The minimum atomic E-state index is 0.828. The molecule has 0 radical (unpaired) electrons. The van der Waals surface area contributed by atoms with E-state index in [-0.39, 0.29) is 0 Å². The van der Waals surface area contributed by atoms with Crippen molar-refractivity contribution in [3.05, 3.63) is 166 Å². The lowest BCUT2D eigenvalue weighted by atomic mass is 10.0. The number of rotatable bonds is 12. The Morgan fingerprint density at radius 2 is 0.529 bits per heavy atom. The molecule has 0 unspecified atom stereocenters. The SMILES string of the molecule is C[N+](C)(C)Cc1cccc(-c2c3nc(c(-c4cccc(C[N+](C)(C)C)c4)c4ccc([nH]4)c(-c4cccc(C[N+](C)(C)C)c4)c4nc(c(-c5cccc(C[N+](C)(C)C)c5)c5ccc2[nH]5)C=C4)C=C3)c1. The van der Waals surface area contributed by atoms with Crippen LogP contribution in [0, 0.1) is 0 Å². The molecule has 0 saturated carbocycles. The Balaban J connectivity index is 1.42. The van der Waals surface area contributed by atoms with Crippen molar-refractivity contribution in [1.82, 2.24) is 19.9 Å². The minimum Gasteiger partial charge on any atom is -0.354 e. The molecule has 2 N–H and O–H groups in total. The second kappa shape index (κ2) is 17.8. The normalized spacial score (nSPS) is 13.1. The number of hydrogen-bond donors (Lipinski definition) is 2. The summed E-state index contributed by atoms with van der Waals surface area (Å²) < 4.78 is 3.31. The van der Waals surface area contributed by atoms with E-state index in [4.69, 9.17) is 9.97 Å². The summed E-state index contributed by atoms with van der Waals surface area (Å²) in [6, 6.07) is 45.0. The number of nitrogens with one attached hydrogen (secondary N) is 2. The molecule has 4 aromatic carbocycles. The van der Waals surface area contributed by atoms with E-state index in [2.05, 4.69) is 240 Å². The van der Waals surface area contributed by atoms with Crippen molar-refractivity contribution in [3.8, 4) is 44.5 Å². The predicted octanol–water partition coefficient (Wildman–Crippen LogP) is 12.1. The van der Waals surface area contributed by atoms with Gasteiger partial charge in [-0.3, -0.25) is 0 Å². The first-order valence-corrected chi connectivity index (χ1v) is 23.9. The lowest BCUT2D eigenvalue weighted by Gasteiger charge is -2.24. The van der Waals surface area contributed by atoms with Gasteiger partial charge in [-0.05, 0) is 95.1 Å². The third-order valence-corrected chi connectivity index (χ3v) is 12.2. The Morgan fingerprint density at radius 1 is 0.309 bits per heavy atom. The van der Waals surface area contributed by atoms with E-state index >= 15 is 0 Å². The van der Waals surface area contributed by atoms with Crippen LogP contribution in [0.3, 0.4) is 0 Å². The Morgan fingerprint density at radius 3 is 0.735 bits per heavy atom. The summed E-state index contributed by atoms with van der Waals surface area (Å²) in [6.45, 7) is 3.61. The molecular weight excluding hydrogens is 833 g/mol. The molecule has 9 rings (SSSR count). The van der Waals surface area contributed by atoms with Crippen molar-refractivity contribution in [1.29, 1.82) is 0 Å². The molecule has 8 heteroatoms. The van der Waals surface area contributed by atoms with E-state index in [0.717, 1.165) is 133 Å². The summed E-state index contributed by atoms with van der Waals surface area (Å²) in [5.74, 6) is 0. The molecule has 8 bridgehead atoms. The highest BCUT2D eigenvalue weighted by molar-refractivity contribution is 6.00. The van der Waals surface area contributed by atoms with Crippen LogP contribution in [-0.2, 0) is 26.2 Å². The topological polar surface area (TPSA) is 57.4 Å². The highest BCUT2D eigenvalue weighted by Gasteiger charge is 2.22. The van der Waals surface area contributed by atoms with Gasteiger partial charge in [0.15, 0.2) is 0 Å². The molecule has 3 aromatic heterocycles. The number of H-pyrrole nitrogens is 2. The molecule has 0 saturated heterocycles. The van der Waals surface area contributed by atoms with Crippen LogP contribution in [0.25, 0.3) is 90.9 Å². The second-order valence-corrected chi connectivity index (χ2v) is 23.1. The third kappa shape index (κ3) is 10.7. The minimum absolute atomic E-state index is 0.828. The van der Waals surface area contributed by atoms with Crippen molar-refractivity contribution in [2.24, 2.45) is 0 Å². The van der Waals surface area contributed by atoms with E-state index in [9.17, 15) is 0 Å². The first-order valence-electron chi connectivity index (χ1n) is 23.9. The van der Waals surface area contributed by atoms with Crippen LogP contribution < -0.4 is 0 Å². The Hall–Kier alpha value is -6.68. The standard InChI is InChI=1S/C60H70N8/c1-65(2,3)37-41-17-13-21-45(33-41)57-49-25-27-51(61-49)58(46-22-14-18-42(34-46)38-66(4,5)6)53-29-31-55(63-53)60(48-24-16-20-44(36-48)40-68(10,11)12)56-32-30-54(64-56)59(52-28-26-50(57)62-52)47-23-15-19-43(35-47)39-67(7,8)9/h13-36,61,64H,37-40H2,1-12H3/q+4. The van der Waals surface area contributed by atoms with E-state index in [1.807, 2.05) is 0 Å². The van der Waals surface area contributed by atoms with Crippen LogP contribution in [0.1, 0.15) is 45.0 Å². The average molecular weight is 903 g/mol. The highest BCUT2D eigenvalue weighted by atomic mass is 15.3. The smallest absolute Gasteiger partial charge is 0.104 e. The lowest BCUT2D eigenvalue weighted by Crippen LogP contribution is -2.33. The maximum atomic E-state index is 5.64. The van der Waals surface area contributed by atoms with Gasteiger partial charge in [-0.2, -0.15) is 0 Å². The number of nitrogens with zero attached hydrogens (tertiary/aromatic N) is 6. The van der Waals surface area contributed by atoms with Gasteiger partial charge in [0.1, 0.15) is 26.2 Å². The molecule has 346 valence electrons. The average Bonchev–Trinajstić information content (AvgIpc) is 4.07. The number of benzene rings is 4. The van der Waals surface area contributed by atoms with Crippen LogP contribution >= 0.6 is 0 Å². The first kappa shape index (κ1) is 46.4. The van der Waals surface area contributed by atoms with Gasteiger partial charge in [0, 0.05) is 66.6 Å². The second-order valence-electron chi connectivity index (χ2n) is 23.1. The fraction of sp³-hybridized carbons (Fsp3) is 0.267. The molecule has 68 heavy (non-hydrogen) atoms. The molecule has 0 atom stereocenters. The quantitative estimate of drug-likeness (QED) is 0.120. The van der Waals surface area contributed by atoms with E-state index in [1.54, 1.807) is 0 Å². The predicted molar refractivity (Wildman–Crippen MR) is 288 cm³/mol. The molecule has 0 spiro atoms. The summed E-state index contributed by atoms with van der Waals surface area (Å²) in [4.78, 5) is 19.2. The van der Waals surface area contributed by atoms with Crippen LogP contribution in [0.2, 0.25) is 0 Å². The lowest BCUT2D eigenvalue weighted by molar-refractivity contribution is -0.884. The maximum Gasteiger partial charge on any atom is 0.104 e. The van der Waals surface area contributed by atoms with Crippen LogP contribution in [0.4, 0.5) is 0 Å². The number of quaternary nitrogens is 4. The molecule has 7 aromatic rings. The monoisotopic (exact) mass is 903 g/mol. The molecule has 2 aliphatic rings. The van der Waals surface area contributed by atoms with Gasteiger partial charge in [0.25, 0.3) is 0 Å². The van der Waals surface area contributed by atoms with Crippen molar-refractivity contribution in [2.75, 3.05) is 84.6 Å². The molecule has 2 aliphatic heterocycles. The molecular formula is C60H70N8+4. The van der Waals surface area contributed by atoms with Crippen LogP contribution in [-0.4, -0.2) is 122 Å². The fourth-order valence-corrected chi connectivity index (χ4v) is 9.91. The fourth-order valence-electron chi connectivity index (χ4n) is 9.91. The summed E-state index contributed by atoms with van der Waals surface area (Å²) >= 11 is 0. The number of aromatic nitrogens is 4. The van der Waals surface area contributed by atoms with Gasteiger partial charge in [-0.15, -0.1) is 0 Å². The molecule has 8 nitrogen and oxygen atoms in total. The third-order valence-electron chi connectivity index (χ3n) is 12.2. The first-order chi connectivity index (χ1) is 32.1. The van der Waals surface area contributed by atoms with Gasteiger partial charge in [-0.1, -0.05) is 72.8 Å². The van der Waals surface area contributed by atoms with Crippen LogP contribution in [0.15, 0.2) is 121 Å². The van der Waals surface area contributed by atoms with Crippen LogP contribution in [0.5, 0.6) is 0 Å². The van der Waals surface area contributed by atoms with Gasteiger partial charge < -0.3 is 27.9 Å². The Bertz CT molecular complexity index is 2850. The van der Waals surface area contributed by atoms with Gasteiger partial charge in [0.2, 0.25) is 0 Å². The summed E-state index contributed by atoms with van der Waals surface area (Å²) in [5, 5.41) is 0. The molecule has 0 fully saturated rings. The Kier molecular flexibility index (Phi) is 12.1. The number of hydrogen-bond acceptors (Lipinski definition) is 2. The number of fused-ring (bicyclic) bond motifs is 8. The highest BCUT2D eigenvalue weighted by Crippen LogP contribution is 2.39. The van der Waals surface area contributed by atoms with Crippen molar-refractivity contribution in [2.45, 2.75) is 26.2 Å². The summed E-state index contributed by atoms with van der Waals surface area (Å²) in [6.07, 6.45) is 8.82. The summed E-state index contributed by atoms with van der Waals surface area (Å²) in [5.41, 5.74) is 21.5. The van der Waals surface area contributed by atoms with Gasteiger partial charge >= 0.3 is 0 Å². The molecule has 0 aliphatic carbocycles. The largest absolute Gasteiger partial charge is 0.354 e. The van der Waals surface area contributed by atoms with E-state index in [1.165, 1.54) is 22.3 Å². The summed E-state index contributed by atoms with van der Waals surface area (Å²) in [7, 11) is 26.9. The molecule has 0 amide bonds. The maximum absolute atomic E-state index is 5.64. The Labute approximate surface area is 404 Å². The van der Waals surface area contributed by atoms with E-state index in [0.29, 0.717) is 0 Å². The zero-order chi connectivity index (χ0) is 48.2. The zero-order valence-corrected chi connectivity index (χ0v) is 42.4.